The van der Waals surface area contributed by atoms with Crippen LogP contribution >= 0.6 is 11.5 Å². The van der Waals surface area contributed by atoms with Crippen LogP contribution in [0, 0.1) is 0 Å². The average Bonchev–Trinajstić information content (AvgIpc) is 2.77. The Morgan fingerprint density at radius 3 is 2.67 bits per heavy atom. The molecular weight excluding hydrogens is 244 g/mol. The molecule has 0 spiro atoms. The molecule has 3 nitrogen and oxygen atoms in total. The molecule has 0 aliphatic heterocycles. The Hall–Kier alpha value is -1.94. The molecule has 0 radical (unpaired) electrons. The third-order valence-corrected chi connectivity index (χ3v) is 4.20. The number of benzene rings is 1. The highest BCUT2D eigenvalue weighted by molar-refractivity contribution is 7.13. The highest BCUT2D eigenvalue weighted by Gasteiger charge is 2.14. The van der Waals surface area contributed by atoms with Crippen LogP contribution in [0.5, 0.6) is 0 Å². The van der Waals surface area contributed by atoms with Crippen LogP contribution in [0.3, 0.4) is 0 Å². The van der Waals surface area contributed by atoms with E-state index in [0.717, 1.165) is 10.4 Å². The molecule has 4 heteroatoms. The quantitative estimate of drug-likeness (QED) is 0.706. The molecule has 0 saturated heterocycles. The van der Waals surface area contributed by atoms with Crippen LogP contribution < -0.4 is 5.56 Å². The van der Waals surface area contributed by atoms with Crippen molar-refractivity contribution in [3.8, 4) is 0 Å². The highest BCUT2D eigenvalue weighted by Crippen LogP contribution is 2.22. The van der Waals surface area contributed by atoms with E-state index in [2.05, 4.69) is 4.98 Å². The molecule has 2 aromatic heterocycles. The van der Waals surface area contributed by atoms with Gasteiger partial charge in [-0.25, -0.2) is 4.98 Å². The van der Waals surface area contributed by atoms with Crippen LogP contribution in [0.25, 0.3) is 10.2 Å². The first kappa shape index (κ1) is 11.2. The van der Waals surface area contributed by atoms with Crippen LogP contribution in [0.15, 0.2) is 53.5 Å². The maximum atomic E-state index is 12.3. The Labute approximate surface area is 108 Å². The first-order valence-electron chi connectivity index (χ1n) is 5.79. The first-order valence-corrected chi connectivity index (χ1v) is 6.56. The summed E-state index contributed by atoms with van der Waals surface area (Å²) < 4.78 is 1.78. The van der Waals surface area contributed by atoms with Crippen molar-refractivity contribution in [1.82, 2.24) is 8.94 Å². The monoisotopic (exact) mass is 256 g/mol. The third-order valence-electron chi connectivity index (χ3n) is 3.02. The Morgan fingerprint density at radius 2 is 1.94 bits per heavy atom. The van der Waals surface area contributed by atoms with Gasteiger partial charge in [-0.3, -0.25) is 8.75 Å². The van der Waals surface area contributed by atoms with E-state index in [1.165, 1.54) is 11.5 Å². The molecule has 0 aliphatic carbocycles. The SMILES string of the molecule is C[C@H](c1ccccc1)n1sc2ncccc2c1=O. The van der Waals surface area contributed by atoms with Gasteiger partial charge < -0.3 is 0 Å². The number of aromatic nitrogens is 2. The molecule has 0 N–H and O–H groups in total. The zero-order valence-electron chi connectivity index (χ0n) is 9.91. The summed E-state index contributed by atoms with van der Waals surface area (Å²) >= 11 is 1.42. The van der Waals surface area contributed by atoms with Gasteiger partial charge in [-0.05, 0) is 36.2 Å². The van der Waals surface area contributed by atoms with Gasteiger partial charge in [0.1, 0.15) is 4.83 Å². The summed E-state index contributed by atoms with van der Waals surface area (Å²) in [6, 6.07) is 13.7. The predicted molar refractivity (Wildman–Crippen MR) is 74.1 cm³/mol. The fourth-order valence-electron chi connectivity index (χ4n) is 2.00. The molecule has 1 aromatic carbocycles. The molecule has 0 unspecified atom stereocenters. The normalized spacial score (nSPS) is 12.7. The lowest BCUT2D eigenvalue weighted by atomic mass is 10.1. The Kier molecular flexibility index (Phi) is 2.72. The summed E-state index contributed by atoms with van der Waals surface area (Å²) in [5.41, 5.74) is 1.17. The van der Waals surface area contributed by atoms with E-state index in [4.69, 9.17) is 0 Å². The average molecular weight is 256 g/mol. The number of pyridine rings is 1. The van der Waals surface area contributed by atoms with E-state index in [1.54, 1.807) is 16.2 Å². The number of rotatable bonds is 2. The van der Waals surface area contributed by atoms with Crippen molar-refractivity contribution in [3.05, 3.63) is 64.6 Å². The van der Waals surface area contributed by atoms with E-state index >= 15 is 0 Å². The lowest BCUT2D eigenvalue weighted by Crippen LogP contribution is -2.17. The zero-order valence-corrected chi connectivity index (χ0v) is 10.7. The fraction of sp³-hybridized carbons (Fsp3) is 0.143. The molecule has 0 saturated carbocycles. The lowest BCUT2D eigenvalue weighted by Gasteiger charge is -2.11. The Balaban J connectivity index is 2.15. The number of fused-ring (bicyclic) bond motifs is 1. The van der Waals surface area contributed by atoms with Crippen molar-refractivity contribution >= 4 is 21.7 Å². The number of hydrogen-bond acceptors (Lipinski definition) is 3. The standard InChI is InChI=1S/C14H12N2OS/c1-10(11-6-3-2-4-7-11)16-14(17)12-8-5-9-15-13(12)18-16/h2-10H,1H3/t10-/m1/s1. The summed E-state index contributed by atoms with van der Waals surface area (Å²) in [4.78, 5) is 17.3. The minimum Gasteiger partial charge on any atom is -0.268 e. The van der Waals surface area contributed by atoms with Crippen molar-refractivity contribution in [2.75, 3.05) is 0 Å². The van der Waals surface area contributed by atoms with Crippen LogP contribution in [-0.2, 0) is 0 Å². The van der Waals surface area contributed by atoms with Crippen molar-refractivity contribution in [3.63, 3.8) is 0 Å². The van der Waals surface area contributed by atoms with Crippen molar-refractivity contribution < 1.29 is 0 Å². The van der Waals surface area contributed by atoms with Gasteiger partial charge in [0.25, 0.3) is 5.56 Å². The summed E-state index contributed by atoms with van der Waals surface area (Å²) in [5, 5.41) is 0.699. The molecule has 90 valence electrons. The molecule has 3 aromatic rings. The maximum absolute atomic E-state index is 12.3. The second-order valence-corrected chi connectivity index (χ2v) is 5.13. The van der Waals surface area contributed by atoms with Gasteiger partial charge in [-0.15, -0.1) is 0 Å². The van der Waals surface area contributed by atoms with Crippen LogP contribution in [0.4, 0.5) is 0 Å². The van der Waals surface area contributed by atoms with Gasteiger partial charge in [0, 0.05) is 6.20 Å². The van der Waals surface area contributed by atoms with E-state index in [0.29, 0.717) is 5.39 Å². The van der Waals surface area contributed by atoms with E-state index in [9.17, 15) is 4.79 Å². The molecule has 0 bridgehead atoms. The van der Waals surface area contributed by atoms with Crippen molar-refractivity contribution in [2.24, 2.45) is 0 Å². The van der Waals surface area contributed by atoms with E-state index < -0.39 is 0 Å². The molecule has 0 aliphatic rings. The predicted octanol–water partition coefficient (Wildman–Crippen LogP) is 3.07. The summed E-state index contributed by atoms with van der Waals surface area (Å²) in [6.45, 7) is 2.03. The van der Waals surface area contributed by atoms with Gasteiger partial charge in [0.15, 0.2) is 0 Å². The van der Waals surface area contributed by atoms with Crippen molar-refractivity contribution in [2.45, 2.75) is 13.0 Å². The van der Waals surface area contributed by atoms with Gasteiger partial charge in [0.2, 0.25) is 0 Å². The Bertz CT molecular complexity index is 730. The molecule has 3 rings (SSSR count). The van der Waals surface area contributed by atoms with Gasteiger partial charge in [-0.2, -0.15) is 0 Å². The highest BCUT2D eigenvalue weighted by atomic mass is 32.1. The summed E-state index contributed by atoms with van der Waals surface area (Å²) in [6.07, 6.45) is 1.72. The second kappa shape index (κ2) is 4.38. The fourth-order valence-corrected chi connectivity index (χ4v) is 3.01. The van der Waals surface area contributed by atoms with Crippen LogP contribution in [0.1, 0.15) is 18.5 Å². The lowest BCUT2D eigenvalue weighted by molar-refractivity contribution is 0.678. The topological polar surface area (TPSA) is 34.9 Å². The minimum atomic E-state index is 0.0397. The minimum absolute atomic E-state index is 0.0397. The smallest absolute Gasteiger partial charge is 0.268 e. The van der Waals surface area contributed by atoms with Gasteiger partial charge >= 0.3 is 0 Å². The maximum Gasteiger partial charge on any atom is 0.270 e. The molecule has 0 fully saturated rings. The zero-order chi connectivity index (χ0) is 12.5. The number of hydrogen-bond donors (Lipinski definition) is 0. The second-order valence-electron chi connectivity index (χ2n) is 4.17. The number of nitrogens with zero attached hydrogens (tertiary/aromatic N) is 2. The van der Waals surface area contributed by atoms with Crippen LogP contribution in [0.2, 0.25) is 0 Å². The molecule has 1 atom stereocenters. The molecule has 18 heavy (non-hydrogen) atoms. The summed E-state index contributed by atoms with van der Waals surface area (Å²) in [5.74, 6) is 0. The van der Waals surface area contributed by atoms with Gasteiger partial charge in [-0.1, -0.05) is 30.3 Å². The molecule has 0 amide bonds. The molecular formula is C14H12N2OS. The molecule has 2 heterocycles. The van der Waals surface area contributed by atoms with E-state index in [-0.39, 0.29) is 11.6 Å². The Morgan fingerprint density at radius 1 is 1.17 bits per heavy atom. The van der Waals surface area contributed by atoms with Crippen molar-refractivity contribution in [1.29, 1.82) is 0 Å². The first-order chi connectivity index (χ1) is 8.77. The van der Waals surface area contributed by atoms with Crippen LogP contribution in [-0.4, -0.2) is 8.94 Å². The summed E-state index contributed by atoms with van der Waals surface area (Å²) in [7, 11) is 0. The van der Waals surface area contributed by atoms with E-state index in [1.807, 2.05) is 43.3 Å². The third kappa shape index (κ3) is 1.75. The largest absolute Gasteiger partial charge is 0.270 e. The van der Waals surface area contributed by atoms with Gasteiger partial charge in [0.05, 0.1) is 11.4 Å².